The van der Waals surface area contributed by atoms with Gasteiger partial charge in [-0.15, -0.1) is 0 Å². The van der Waals surface area contributed by atoms with Gasteiger partial charge in [0.25, 0.3) is 11.8 Å². The van der Waals surface area contributed by atoms with Crippen molar-refractivity contribution >= 4 is 29.2 Å². The van der Waals surface area contributed by atoms with Gasteiger partial charge in [0.05, 0.1) is 17.9 Å². The highest BCUT2D eigenvalue weighted by Gasteiger charge is 2.16. The Kier molecular flexibility index (Phi) is 7.52. The summed E-state index contributed by atoms with van der Waals surface area (Å²) in [5, 5.41) is 5.69. The standard InChI is InChI=1S/C25H24N2O3/c1-30-17-16-26-24(28)21-14-8-9-15-23(21)27-25(29)22(20-12-6-3-7-13-20)18-19-10-4-2-5-11-19/h2-15,18H,16-17H2,1H3,(H,26,28)(H,27,29)/b22-18+. The molecule has 2 N–H and O–H groups in total. The van der Waals surface area contributed by atoms with Crippen LogP contribution >= 0.6 is 0 Å². The first-order valence-electron chi connectivity index (χ1n) is 9.68. The highest BCUT2D eigenvalue weighted by molar-refractivity contribution is 6.29. The maximum Gasteiger partial charge on any atom is 0.256 e. The fourth-order valence-corrected chi connectivity index (χ4v) is 2.96. The van der Waals surface area contributed by atoms with Crippen molar-refractivity contribution < 1.29 is 14.3 Å². The second kappa shape index (κ2) is 10.7. The fourth-order valence-electron chi connectivity index (χ4n) is 2.96. The average molecular weight is 400 g/mol. The van der Waals surface area contributed by atoms with E-state index in [1.807, 2.05) is 66.7 Å². The summed E-state index contributed by atoms with van der Waals surface area (Å²) < 4.78 is 4.97. The molecule has 0 saturated heterocycles. The molecule has 0 saturated carbocycles. The number of amides is 2. The number of methoxy groups -OCH3 is 1. The van der Waals surface area contributed by atoms with Crippen LogP contribution in [0, 0.1) is 0 Å². The Morgan fingerprint density at radius 2 is 1.50 bits per heavy atom. The second-order valence-electron chi connectivity index (χ2n) is 6.58. The monoisotopic (exact) mass is 400 g/mol. The Hall–Kier alpha value is -3.70. The number of hydrogen-bond donors (Lipinski definition) is 2. The average Bonchev–Trinajstić information content (AvgIpc) is 2.79. The van der Waals surface area contributed by atoms with Crippen LogP contribution in [0.3, 0.4) is 0 Å². The third-order valence-electron chi connectivity index (χ3n) is 4.45. The van der Waals surface area contributed by atoms with E-state index in [-0.39, 0.29) is 11.8 Å². The number of benzene rings is 3. The van der Waals surface area contributed by atoms with E-state index in [1.165, 1.54) is 0 Å². The van der Waals surface area contributed by atoms with E-state index >= 15 is 0 Å². The van der Waals surface area contributed by atoms with Crippen molar-refractivity contribution in [3.05, 3.63) is 102 Å². The molecule has 0 heterocycles. The SMILES string of the molecule is COCCNC(=O)c1ccccc1NC(=O)/C(=C/c1ccccc1)c1ccccc1. The van der Waals surface area contributed by atoms with E-state index < -0.39 is 0 Å². The van der Waals surface area contributed by atoms with Crippen LogP contribution in [0.2, 0.25) is 0 Å². The molecule has 0 radical (unpaired) electrons. The molecule has 0 unspecified atom stereocenters. The third-order valence-corrected chi connectivity index (χ3v) is 4.45. The van der Waals surface area contributed by atoms with Gasteiger partial charge in [0.2, 0.25) is 0 Å². The zero-order valence-electron chi connectivity index (χ0n) is 16.8. The minimum absolute atomic E-state index is 0.267. The van der Waals surface area contributed by atoms with Crippen molar-refractivity contribution in [2.24, 2.45) is 0 Å². The quantitative estimate of drug-likeness (QED) is 0.338. The minimum Gasteiger partial charge on any atom is -0.383 e. The van der Waals surface area contributed by atoms with Crippen LogP contribution in [-0.2, 0) is 9.53 Å². The number of ether oxygens (including phenoxy) is 1. The van der Waals surface area contributed by atoms with Gasteiger partial charge < -0.3 is 15.4 Å². The Morgan fingerprint density at radius 3 is 2.20 bits per heavy atom. The molecule has 0 aliphatic heterocycles. The first-order chi connectivity index (χ1) is 14.7. The largest absolute Gasteiger partial charge is 0.383 e. The summed E-state index contributed by atoms with van der Waals surface area (Å²) in [6.07, 6.45) is 1.84. The molecule has 3 aromatic rings. The van der Waals surface area contributed by atoms with Gasteiger partial charge in [-0.25, -0.2) is 0 Å². The number of rotatable bonds is 8. The summed E-state index contributed by atoms with van der Waals surface area (Å²) in [5.74, 6) is -0.557. The molecular weight excluding hydrogens is 376 g/mol. The Morgan fingerprint density at radius 1 is 0.867 bits per heavy atom. The van der Waals surface area contributed by atoms with Crippen LogP contribution in [0.5, 0.6) is 0 Å². The predicted octanol–water partition coefficient (Wildman–Crippen LogP) is 4.24. The normalized spacial score (nSPS) is 11.0. The van der Waals surface area contributed by atoms with Crippen molar-refractivity contribution in [3.63, 3.8) is 0 Å². The van der Waals surface area contributed by atoms with Crippen molar-refractivity contribution in [2.75, 3.05) is 25.6 Å². The molecular formula is C25H24N2O3. The molecule has 0 aliphatic carbocycles. The molecule has 0 fully saturated rings. The molecule has 5 heteroatoms. The molecule has 152 valence electrons. The summed E-state index contributed by atoms with van der Waals surface area (Å²) in [6.45, 7) is 0.805. The number of anilines is 1. The smallest absolute Gasteiger partial charge is 0.256 e. The lowest BCUT2D eigenvalue weighted by Gasteiger charge is -2.13. The zero-order chi connectivity index (χ0) is 21.2. The molecule has 5 nitrogen and oxygen atoms in total. The highest BCUT2D eigenvalue weighted by atomic mass is 16.5. The zero-order valence-corrected chi connectivity index (χ0v) is 16.8. The van der Waals surface area contributed by atoms with Gasteiger partial charge in [0, 0.05) is 19.2 Å². The Bertz CT molecular complexity index is 1010. The van der Waals surface area contributed by atoms with Gasteiger partial charge in [-0.05, 0) is 29.3 Å². The minimum atomic E-state index is -0.290. The van der Waals surface area contributed by atoms with Gasteiger partial charge in [-0.2, -0.15) is 0 Å². The van der Waals surface area contributed by atoms with E-state index in [0.29, 0.717) is 30.0 Å². The Balaban J connectivity index is 1.89. The number of nitrogens with one attached hydrogen (secondary N) is 2. The topological polar surface area (TPSA) is 67.4 Å². The van der Waals surface area contributed by atoms with Crippen LogP contribution < -0.4 is 10.6 Å². The van der Waals surface area contributed by atoms with Crippen molar-refractivity contribution in [1.29, 1.82) is 0 Å². The van der Waals surface area contributed by atoms with Gasteiger partial charge in [-0.1, -0.05) is 72.8 Å². The van der Waals surface area contributed by atoms with Crippen molar-refractivity contribution in [2.45, 2.75) is 0 Å². The summed E-state index contributed by atoms with van der Waals surface area (Å²) in [6, 6.07) is 26.0. The molecule has 30 heavy (non-hydrogen) atoms. The summed E-state index contributed by atoms with van der Waals surface area (Å²) in [7, 11) is 1.57. The lowest BCUT2D eigenvalue weighted by molar-refractivity contribution is -0.111. The summed E-state index contributed by atoms with van der Waals surface area (Å²) in [5.41, 5.74) is 3.07. The van der Waals surface area contributed by atoms with Gasteiger partial charge in [0.15, 0.2) is 0 Å². The number of para-hydroxylation sites is 1. The van der Waals surface area contributed by atoms with Crippen molar-refractivity contribution in [1.82, 2.24) is 5.32 Å². The van der Waals surface area contributed by atoms with E-state index in [1.54, 1.807) is 31.4 Å². The van der Waals surface area contributed by atoms with E-state index in [4.69, 9.17) is 4.74 Å². The van der Waals surface area contributed by atoms with Crippen LogP contribution in [0.4, 0.5) is 5.69 Å². The first kappa shape index (κ1) is 21.0. The summed E-state index contributed by atoms with van der Waals surface area (Å²) >= 11 is 0. The molecule has 2 amide bonds. The van der Waals surface area contributed by atoms with Crippen LogP contribution in [0.15, 0.2) is 84.9 Å². The van der Waals surface area contributed by atoms with E-state index in [9.17, 15) is 9.59 Å². The molecule has 0 aromatic heterocycles. The first-order valence-corrected chi connectivity index (χ1v) is 9.68. The highest BCUT2D eigenvalue weighted by Crippen LogP contribution is 2.22. The maximum absolute atomic E-state index is 13.2. The molecule has 0 spiro atoms. The fraction of sp³-hybridized carbons (Fsp3) is 0.120. The number of carbonyl (C=O) groups excluding carboxylic acids is 2. The van der Waals surface area contributed by atoms with Gasteiger partial charge in [0.1, 0.15) is 0 Å². The van der Waals surface area contributed by atoms with E-state index in [2.05, 4.69) is 10.6 Å². The molecule has 3 aromatic carbocycles. The van der Waals surface area contributed by atoms with Crippen LogP contribution in [0.1, 0.15) is 21.5 Å². The van der Waals surface area contributed by atoms with E-state index in [0.717, 1.165) is 11.1 Å². The van der Waals surface area contributed by atoms with Crippen LogP contribution in [-0.4, -0.2) is 32.1 Å². The Labute approximate surface area is 176 Å². The molecule has 0 aliphatic rings. The molecule has 0 bridgehead atoms. The lowest BCUT2D eigenvalue weighted by Crippen LogP contribution is -2.28. The second-order valence-corrected chi connectivity index (χ2v) is 6.58. The van der Waals surface area contributed by atoms with Gasteiger partial charge in [-0.3, -0.25) is 9.59 Å². The lowest BCUT2D eigenvalue weighted by atomic mass is 10.0. The van der Waals surface area contributed by atoms with Crippen molar-refractivity contribution in [3.8, 4) is 0 Å². The number of carbonyl (C=O) groups is 2. The summed E-state index contributed by atoms with van der Waals surface area (Å²) in [4.78, 5) is 25.7. The van der Waals surface area contributed by atoms with Crippen LogP contribution in [0.25, 0.3) is 11.6 Å². The van der Waals surface area contributed by atoms with Gasteiger partial charge >= 0.3 is 0 Å². The predicted molar refractivity (Wildman–Crippen MR) is 120 cm³/mol. The molecule has 0 atom stereocenters. The number of hydrogen-bond acceptors (Lipinski definition) is 3. The maximum atomic E-state index is 13.2. The third kappa shape index (κ3) is 5.65. The molecule has 3 rings (SSSR count).